The predicted molar refractivity (Wildman–Crippen MR) is 128 cm³/mol. The second-order valence-electron chi connectivity index (χ2n) is 7.70. The molecule has 0 bridgehead atoms. The Hall–Kier alpha value is -3.71. The lowest BCUT2D eigenvalue weighted by Crippen LogP contribution is -2.15. The van der Waals surface area contributed by atoms with Gasteiger partial charge in [0.2, 0.25) is 0 Å². The van der Waals surface area contributed by atoms with Gasteiger partial charge in [0.05, 0.1) is 46.9 Å². The van der Waals surface area contributed by atoms with E-state index in [0.29, 0.717) is 6.54 Å². The molecule has 7 nitrogen and oxygen atoms in total. The van der Waals surface area contributed by atoms with Crippen molar-refractivity contribution in [1.82, 2.24) is 30.0 Å². The summed E-state index contributed by atoms with van der Waals surface area (Å²) in [5.74, 6) is 0. The Kier molecular flexibility index (Phi) is 5.56. The van der Waals surface area contributed by atoms with Gasteiger partial charge in [-0.2, -0.15) is 5.10 Å². The van der Waals surface area contributed by atoms with Crippen LogP contribution in [0.1, 0.15) is 24.0 Å². The molecular formula is C25H25N7. The van der Waals surface area contributed by atoms with Gasteiger partial charge >= 0.3 is 0 Å². The van der Waals surface area contributed by atoms with E-state index >= 15 is 0 Å². The lowest BCUT2D eigenvalue weighted by atomic mass is 10.0. The highest BCUT2D eigenvalue weighted by Gasteiger charge is 2.19. The maximum Gasteiger partial charge on any atom is 0.0939 e. The van der Waals surface area contributed by atoms with E-state index in [0.717, 1.165) is 70.2 Å². The molecule has 0 amide bonds. The first-order valence-electron chi connectivity index (χ1n) is 10.9. The zero-order valence-electron chi connectivity index (χ0n) is 18.3. The number of allylic oxidation sites excluding steroid dienone is 1. The van der Waals surface area contributed by atoms with Crippen LogP contribution in [0.5, 0.6) is 0 Å². The molecule has 160 valence electrons. The number of pyridine rings is 3. The molecule has 0 atom stereocenters. The minimum Gasteiger partial charge on any atom is -0.318 e. The van der Waals surface area contributed by atoms with Crippen LogP contribution in [0, 0.1) is 0 Å². The summed E-state index contributed by atoms with van der Waals surface area (Å²) >= 11 is 0. The summed E-state index contributed by atoms with van der Waals surface area (Å²) in [6, 6.07) is 14.2. The SMILES string of the molecule is CCc1cccc(C2=NCC=C2c2ccc3ncc(-c4ccn(CCNC)n4)cc3n2)n1. The third-order valence-electron chi connectivity index (χ3n) is 5.55. The molecule has 32 heavy (non-hydrogen) atoms. The lowest BCUT2D eigenvalue weighted by molar-refractivity contribution is 0.586. The number of nitrogens with zero attached hydrogens (tertiary/aromatic N) is 6. The van der Waals surface area contributed by atoms with Gasteiger partial charge in [-0.3, -0.25) is 19.6 Å². The molecule has 0 radical (unpaired) electrons. The zero-order chi connectivity index (χ0) is 21.9. The van der Waals surface area contributed by atoms with E-state index in [-0.39, 0.29) is 0 Å². The Bertz CT molecular complexity index is 1330. The van der Waals surface area contributed by atoms with Crippen molar-refractivity contribution in [2.24, 2.45) is 4.99 Å². The van der Waals surface area contributed by atoms with E-state index in [9.17, 15) is 0 Å². The third-order valence-corrected chi connectivity index (χ3v) is 5.55. The molecule has 1 aliphatic rings. The van der Waals surface area contributed by atoms with Crippen LogP contribution in [0.25, 0.3) is 27.9 Å². The van der Waals surface area contributed by atoms with Gasteiger partial charge in [-0.05, 0) is 49.9 Å². The molecule has 0 aromatic carbocycles. The molecule has 0 saturated heterocycles. The van der Waals surface area contributed by atoms with E-state index in [4.69, 9.17) is 15.0 Å². The quantitative estimate of drug-likeness (QED) is 0.492. The van der Waals surface area contributed by atoms with Crippen molar-refractivity contribution in [3.05, 3.63) is 78.0 Å². The fourth-order valence-electron chi connectivity index (χ4n) is 3.83. The van der Waals surface area contributed by atoms with E-state index in [1.807, 2.05) is 60.5 Å². The normalized spacial score (nSPS) is 13.4. The minimum atomic E-state index is 0.644. The molecule has 4 aromatic heterocycles. The first kappa shape index (κ1) is 20.2. The number of likely N-dealkylation sites (N-methyl/N-ethyl adjacent to an activating group) is 1. The molecule has 1 N–H and O–H groups in total. The average Bonchev–Trinajstić information content (AvgIpc) is 3.52. The van der Waals surface area contributed by atoms with E-state index in [1.54, 1.807) is 0 Å². The van der Waals surface area contributed by atoms with Crippen LogP contribution in [0.4, 0.5) is 0 Å². The average molecular weight is 424 g/mol. The number of fused-ring (bicyclic) bond motifs is 1. The largest absolute Gasteiger partial charge is 0.318 e. The van der Waals surface area contributed by atoms with Gasteiger partial charge in [-0.15, -0.1) is 0 Å². The first-order valence-corrected chi connectivity index (χ1v) is 10.9. The fraction of sp³-hybridized carbons (Fsp3) is 0.240. The molecule has 0 saturated carbocycles. The van der Waals surface area contributed by atoms with E-state index in [1.165, 1.54) is 0 Å². The summed E-state index contributed by atoms with van der Waals surface area (Å²) in [6.07, 6.45) is 6.86. The van der Waals surface area contributed by atoms with Crippen LogP contribution in [0.15, 0.2) is 65.9 Å². The number of rotatable bonds is 7. The summed E-state index contributed by atoms with van der Waals surface area (Å²) in [5.41, 5.74) is 8.31. The van der Waals surface area contributed by atoms with Gasteiger partial charge in [0.1, 0.15) is 0 Å². The van der Waals surface area contributed by atoms with Crippen LogP contribution >= 0.6 is 0 Å². The number of nitrogens with one attached hydrogen (secondary N) is 1. The van der Waals surface area contributed by atoms with Gasteiger partial charge in [0, 0.05) is 35.8 Å². The number of aryl methyl sites for hydroxylation is 1. The van der Waals surface area contributed by atoms with Gasteiger partial charge < -0.3 is 5.32 Å². The highest BCUT2D eigenvalue weighted by atomic mass is 15.3. The highest BCUT2D eigenvalue weighted by molar-refractivity contribution is 6.32. The number of aromatic nitrogens is 5. The van der Waals surface area contributed by atoms with Crippen LogP contribution in [-0.2, 0) is 13.0 Å². The Labute approximate surface area is 187 Å². The van der Waals surface area contributed by atoms with Crippen LogP contribution in [0.2, 0.25) is 0 Å². The van der Waals surface area contributed by atoms with Crippen LogP contribution in [-0.4, -0.2) is 50.6 Å². The Morgan fingerprint density at radius 2 is 1.94 bits per heavy atom. The molecule has 0 aliphatic carbocycles. The fourth-order valence-corrected chi connectivity index (χ4v) is 3.83. The van der Waals surface area contributed by atoms with Crippen molar-refractivity contribution in [1.29, 1.82) is 0 Å². The van der Waals surface area contributed by atoms with Crippen molar-refractivity contribution < 1.29 is 0 Å². The molecule has 1 aliphatic heterocycles. The minimum absolute atomic E-state index is 0.644. The first-order chi connectivity index (χ1) is 15.7. The summed E-state index contributed by atoms with van der Waals surface area (Å²) < 4.78 is 1.93. The smallest absolute Gasteiger partial charge is 0.0939 e. The van der Waals surface area contributed by atoms with E-state index in [2.05, 4.69) is 34.5 Å². The zero-order valence-corrected chi connectivity index (χ0v) is 18.3. The highest BCUT2D eigenvalue weighted by Crippen LogP contribution is 2.26. The monoisotopic (exact) mass is 423 g/mol. The van der Waals surface area contributed by atoms with Gasteiger partial charge in [-0.1, -0.05) is 19.1 Å². The molecule has 4 aromatic rings. The van der Waals surface area contributed by atoms with Crippen LogP contribution in [0.3, 0.4) is 0 Å². The molecule has 0 unspecified atom stereocenters. The molecule has 5 heterocycles. The van der Waals surface area contributed by atoms with Gasteiger partial charge in [0.25, 0.3) is 0 Å². The summed E-state index contributed by atoms with van der Waals surface area (Å²) in [7, 11) is 1.94. The molecule has 7 heteroatoms. The van der Waals surface area contributed by atoms with Gasteiger partial charge in [-0.25, -0.2) is 4.98 Å². The standard InChI is InChI=1S/C25H25N7/c1-3-18-5-4-6-23(29-18)25-19(9-11-27-25)21-7-8-22-24(30-21)15-17(16-28-22)20-10-13-32(31-20)14-12-26-2/h4-10,13,15-16,26H,3,11-12,14H2,1-2H3. The second-order valence-corrected chi connectivity index (χ2v) is 7.70. The number of aliphatic imine (C=N–C) groups is 1. The summed E-state index contributed by atoms with van der Waals surface area (Å²) in [5, 5.41) is 7.80. The number of hydrogen-bond acceptors (Lipinski definition) is 6. The Balaban J connectivity index is 1.47. The summed E-state index contributed by atoms with van der Waals surface area (Å²) in [6.45, 7) is 4.45. The molecule has 0 fully saturated rings. The van der Waals surface area contributed by atoms with Crippen molar-refractivity contribution in [2.45, 2.75) is 19.9 Å². The molecular weight excluding hydrogens is 398 g/mol. The Morgan fingerprint density at radius 3 is 2.81 bits per heavy atom. The number of hydrogen-bond donors (Lipinski definition) is 1. The topological polar surface area (TPSA) is 80.9 Å². The van der Waals surface area contributed by atoms with Crippen molar-refractivity contribution in [2.75, 3.05) is 20.1 Å². The summed E-state index contributed by atoms with van der Waals surface area (Å²) in [4.78, 5) is 19.0. The van der Waals surface area contributed by atoms with Crippen LogP contribution < -0.4 is 5.32 Å². The lowest BCUT2D eigenvalue weighted by Gasteiger charge is -2.09. The van der Waals surface area contributed by atoms with Crippen molar-refractivity contribution in [3.8, 4) is 11.3 Å². The third kappa shape index (κ3) is 3.94. The predicted octanol–water partition coefficient (Wildman–Crippen LogP) is 3.56. The maximum atomic E-state index is 4.93. The molecule has 5 rings (SSSR count). The Morgan fingerprint density at radius 1 is 1.00 bits per heavy atom. The van der Waals surface area contributed by atoms with E-state index < -0.39 is 0 Å². The maximum absolute atomic E-state index is 4.93. The van der Waals surface area contributed by atoms with Gasteiger partial charge in [0.15, 0.2) is 0 Å². The molecule has 0 spiro atoms. The van der Waals surface area contributed by atoms with Crippen molar-refractivity contribution >= 4 is 22.3 Å². The van der Waals surface area contributed by atoms with Crippen molar-refractivity contribution in [3.63, 3.8) is 0 Å². The second kappa shape index (κ2) is 8.80.